The van der Waals surface area contributed by atoms with E-state index < -0.39 is 0 Å². The normalized spacial score (nSPS) is 10.7. The van der Waals surface area contributed by atoms with Crippen LogP contribution >= 0.6 is 0 Å². The maximum absolute atomic E-state index is 5.60. The van der Waals surface area contributed by atoms with Crippen LogP contribution in [-0.4, -0.2) is 25.0 Å². The van der Waals surface area contributed by atoms with E-state index in [1.54, 1.807) is 0 Å². The number of unbranched alkanes of at least 4 members (excludes halogenated alkanes) is 1. The highest BCUT2D eigenvalue weighted by Gasteiger charge is 1.99. The predicted octanol–water partition coefficient (Wildman–Crippen LogP) is 3.79. The van der Waals surface area contributed by atoms with Gasteiger partial charge in [-0.3, -0.25) is 0 Å². The molecule has 0 aliphatic heterocycles. The van der Waals surface area contributed by atoms with Crippen LogP contribution < -0.4 is 4.74 Å². The van der Waals surface area contributed by atoms with Crippen molar-refractivity contribution in [2.75, 3.05) is 19.8 Å². The molecule has 0 atom stereocenters. The summed E-state index contributed by atoms with van der Waals surface area (Å²) >= 11 is 0. The molecule has 21 heavy (non-hydrogen) atoms. The molecular formula is C17H23NO3. The van der Waals surface area contributed by atoms with Gasteiger partial charge >= 0.3 is 0 Å². The van der Waals surface area contributed by atoms with E-state index in [2.05, 4.69) is 5.16 Å². The molecule has 1 aromatic heterocycles. The highest BCUT2D eigenvalue weighted by molar-refractivity contribution is 5.20. The lowest BCUT2D eigenvalue weighted by atomic mass is 10.2. The summed E-state index contributed by atoms with van der Waals surface area (Å²) in [6.07, 6.45) is 3.99. The average molecular weight is 289 g/mol. The van der Waals surface area contributed by atoms with E-state index in [1.807, 2.05) is 43.3 Å². The summed E-state index contributed by atoms with van der Waals surface area (Å²) in [6, 6.07) is 11.8. The molecule has 4 nitrogen and oxygen atoms in total. The van der Waals surface area contributed by atoms with Crippen LogP contribution in [0.4, 0.5) is 0 Å². The van der Waals surface area contributed by atoms with E-state index in [4.69, 9.17) is 14.0 Å². The summed E-state index contributed by atoms with van der Waals surface area (Å²) in [7, 11) is 0. The van der Waals surface area contributed by atoms with Crippen LogP contribution in [-0.2, 0) is 11.2 Å². The lowest BCUT2D eigenvalue weighted by molar-refractivity contribution is 0.116. The number of nitrogens with zero attached hydrogens (tertiary/aromatic N) is 1. The smallest absolute Gasteiger partial charge is 0.133 e. The molecule has 0 bridgehead atoms. The number of ether oxygens (including phenoxy) is 2. The monoisotopic (exact) mass is 289 g/mol. The van der Waals surface area contributed by atoms with E-state index in [0.29, 0.717) is 6.61 Å². The van der Waals surface area contributed by atoms with Gasteiger partial charge in [0, 0.05) is 25.7 Å². The molecule has 0 aliphatic rings. The van der Waals surface area contributed by atoms with Crippen molar-refractivity contribution in [3.63, 3.8) is 0 Å². The summed E-state index contributed by atoms with van der Waals surface area (Å²) in [5.41, 5.74) is 1.03. The minimum absolute atomic E-state index is 0.697. The van der Waals surface area contributed by atoms with Crippen LogP contribution in [0, 0.1) is 6.92 Å². The van der Waals surface area contributed by atoms with Crippen molar-refractivity contribution in [2.24, 2.45) is 0 Å². The highest BCUT2D eigenvalue weighted by atomic mass is 16.5. The standard InChI is InChI=1S/C17H23NO3/c1-15-14-16(18-21-15)8-5-6-11-19-12-7-13-20-17-9-3-2-4-10-17/h2-4,9-10,14H,5-8,11-13H2,1H3. The van der Waals surface area contributed by atoms with Crippen molar-refractivity contribution in [1.29, 1.82) is 0 Å². The molecule has 0 N–H and O–H groups in total. The van der Waals surface area contributed by atoms with Crippen molar-refractivity contribution in [3.8, 4) is 5.75 Å². The van der Waals surface area contributed by atoms with E-state index in [1.165, 1.54) is 0 Å². The minimum Gasteiger partial charge on any atom is -0.494 e. The molecule has 0 aliphatic carbocycles. The van der Waals surface area contributed by atoms with Gasteiger partial charge in [-0.05, 0) is 38.3 Å². The first-order chi connectivity index (χ1) is 10.3. The van der Waals surface area contributed by atoms with Crippen molar-refractivity contribution < 1.29 is 14.0 Å². The number of benzene rings is 1. The quantitative estimate of drug-likeness (QED) is 0.624. The van der Waals surface area contributed by atoms with Gasteiger partial charge in [-0.1, -0.05) is 23.4 Å². The van der Waals surface area contributed by atoms with Gasteiger partial charge in [0.15, 0.2) is 0 Å². The van der Waals surface area contributed by atoms with Crippen molar-refractivity contribution in [3.05, 3.63) is 47.9 Å². The zero-order chi connectivity index (χ0) is 14.8. The summed E-state index contributed by atoms with van der Waals surface area (Å²) in [5.74, 6) is 1.79. The van der Waals surface area contributed by atoms with Crippen LogP contribution in [0.25, 0.3) is 0 Å². The molecule has 0 amide bonds. The van der Waals surface area contributed by atoms with Crippen molar-refractivity contribution >= 4 is 0 Å². The van der Waals surface area contributed by atoms with E-state index in [-0.39, 0.29) is 0 Å². The van der Waals surface area contributed by atoms with Gasteiger partial charge in [0.1, 0.15) is 11.5 Å². The second-order valence-corrected chi connectivity index (χ2v) is 5.01. The average Bonchev–Trinajstić information content (AvgIpc) is 2.92. The second-order valence-electron chi connectivity index (χ2n) is 5.01. The SMILES string of the molecule is Cc1cc(CCCCOCCCOc2ccccc2)no1. The van der Waals surface area contributed by atoms with Gasteiger partial charge in [0.05, 0.1) is 12.3 Å². The Morgan fingerprint density at radius 3 is 2.57 bits per heavy atom. The third kappa shape index (κ3) is 6.45. The maximum atomic E-state index is 5.60. The molecule has 0 saturated carbocycles. The van der Waals surface area contributed by atoms with Gasteiger partial charge in [-0.2, -0.15) is 0 Å². The molecular weight excluding hydrogens is 266 g/mol. The van der Waals surface area contributed by atoms with Crippen molar-refractivity contribution in [1.82, 2.24) is 5.16 Å². The first kappa shape index (κ1) is 15.6. The van der Waals surface area contributed by atoms with E-state index in [0.717, 1.165) is 56.1 Å². The molecule has 114 valence electrons. The van der Waals surface area contributed by atoms with Crippen molar-refractivity contribution in [2.45, 2.75) is 32.6 Å². The Hall–Kier alpha value is -1.81. The Morgan fingerprint density at radius 1 is 1.00 bits per heavy atom. The molecule has 2 rings (SSSR count). The van der Waals surface area contributed by atoms with Gasteiger partial charge in [0.25, 0.3) is 0 Å². The summed E-state index contributed by atoms with van der Waals surface area (Å²) in [6.45, 7) is 4.15. The van der Waals surface area contributed by atoms with Gasteiger partial charge in [-0.15, -0.1) is 0 Å². The van der Waals surface area contributed by atoms with E-state index >= 15 is 0 Å². The van der Waals surface area contributed by atoms with Crippen LogP contribution in [0.2, 0.25) is 0 Å². The van der Waals surface area contributed by atoms with E-state index in [9.17, 15) is 0 Å². The fourth-order valence-corrected chi connectivity index (χ4v) is 2.02. The topological polar surface area (TPSA) is 44.5 Å². The minimum atomic E-state index is 0.697. The molecule has 0 saturated heterocycles. The number of rotatable bonds is 10. The third-order valence-corrected chi connectivity index (χ3v) is 3.09. The zero-order valence-corrected chi connectivity index (χ0v) is 12.6. The molecule has 0 spiro atoms. The molecule has 1 aromatic carbocycles. The summed E-state index contributed by atoms with van der Waals surface area (Å²) in [4.78, 5) is 0. The number of hydrogen-bond acceptors (Lipinski definition) is 4. The predicted molar refractivity (Wildman–Crippen MR) is 81.6 cm³/mol. The first-order valence-electron chi connectivity index (χ1n) is 7.52. The lowest BCUT2D eigenvalue weighted by Crippen LogP contribution is -2.04. The fourth-order valence-electron chi connectivity index (χ4n) is 2.02. The Kier molecular flexibility index (Phi) is 6.81. The van der Waals surface area contributed by atoms with Gasteiger partial charge < -0.3 is 14.0 Å². The molecule has 0 radical (unpaired) electrons. The first-order valence-corrected chi connectivity index (χ1v) is 7.52. The van der Waals surface area contributed by atoms with Crippen LogP contribution in [0.5, 0.6) is 5.75 Å². The van der Waals surface area contributed by atoms with Crippen LogP contribution in [0.3, 0.4) is 0 Å². The second kappa shape index (κ2) is 9.19. The Balaban J connectivity index is 1.40. The Morgan fingerprint density at radius 2 is 1.81 bits per heavy atom. The van der Waals surface area contributed by atoms with Gasteiger partial charge in [-0.25, -0.2) is 0 Å². The maximum Gasteiger partial charge on any atom is 0.133 e. The van der Waals surface area contributed by atoms with Gasteiger partial charge in [0.2, 0.25) is 0 Å². The molecule has 1 heterocycles. The van der Waals surface area contributed by atoms with Crippen LogP contribution in [0.1, 0.15) is 30.7 Å². The van der Waals surface area contributed by atoms with Crippen LogP contribution in [0.15, 0.2) is 40.9 Å². The lowest BCUT2D eigenvalue weighted by Gasteiger charge is -2.06. The fraction of sp³-hybridized carbons (Fsp3) is 0.471. The number of hydrogen-bond donors (Lipinski definition) is 0. The zero-order valence-electron chi connectivity index (χ0n) is 12.6. The number of aromatic nitrogens is 1. The number of para-hydroxylation sites is 1. The third-order valence-electron chi connectivity index (χ3n) is 3.09. The largest absolute Gasteiger partial charge is 0.494 e. The molecule has 4 heteroatoms. The Bertz CT molecular complexity index is 496. The molecule has 0 unspecified atom stereocenters. The summed E-state index contributed by atoms with van der Waals surface area (Å²) in [5, 5.41) is 3.97. The molecule has 2 aromatic rings. The summed E-state index contributed by atoms with van der Waals surface area (Å²) < 4.78 is 16.2. The number of aryl methyl sites for hydroxylation is 2. The highest BCUT2D eigenvalue weighted by Crippen LogP contribution is 2.08. The Labute approximate surface area is 126 Å². The molecule has 0 fully saturated rings.